The molecule has 1 unspecified atom stereocenters. The highest BCUT2D eigenvalue weighted by Gasteiger charge is 2.37. The van der Waals surface area contributed by atoms with E-state index in [0.717, 1.165) is 24.3 Å². The third-order valence-electron chi connectivity index (χ3n) is 5.78. The van der Waals surface area contributed by atoms with Crippen molar-refractivity contribution in [3.63, 3.8) is 0 Å². The lowest BCUT2D eigenvalue weighted by atomic mass is 9.96. The number of aromatic nitrogens is 2. The number of carbonyl (C=O) groups is 1. The van der Waals surface area contributed by atoms with Gasteiger partial charge in [0.05, 0.1) is 12.2 Å². The molecule has 0 bridgehead atoms. The molecule has 1 atom stereocenters. The smallest absolute Gasteiger partial charge is 0.266 e. The highest BCUT2D eigenvalue weighted by Crippen LogP contribution is 2.38. The number of fused-ring (bicyclic) bond motifs is 1. The standard InChI is InChI=1S/C21H23N3O3/c25-20-10-8-17(15-5-6-15)22-24(20)13-14-11-23(12-14)21(26)19-9-7-16-3-1-2-4-18(16)27-19/h1-4,8,10,14-15,19H,5-7,9,11-13H2. The molecule has 1 saturated heterocycles. The fraction of sp³-hybridized carbons (Fsp3) is 0.476. The van der Waals surface area contributed by atoms with Crippen LogP contribution in [0.5, 0.6) is 5.75 Å². The molecule has 27 heavy (non-hydrogen) atoms. The van der Waals surface area contributed by atoms with E-state index in [9.17, 15) is 9.59 Å². The van der Waals surface area contributed by atoms with E-state index in [4.69, 9.17) is 4.74 Å². The molecule has 2 aliphatic heterocycles. The zero-order valence-corrected chi connectivity index (χ0v) is 15.2. The van der Waals surface area contributed by atoms with Gasteiger partial charge in [-0.25, -0.2) is 4.68 Å². The Labute approximate surface area is 157 Å². The van der Waals surface area contributed by atoms with E-state index in [2.05, 4.69) is 11.2 Å². The van der Waals surface area contributed by atoms with E-state index in [1.165, 1.54) is 18.4 Å². The largest absolute Gasteiger partial charge is 0.480 e. The van der Waals surface area contributed by atoms with E-state index in [0.29, 0.717) is 25.6 Å². The quantitative estimate of drug-likeness (QED) is 0.831. The lowest BCUT2D eigenvalue weighted by Crippen LogP contribution is -2.56. The zero-order valence-electron chi connectivity index (χ0n) is 15.2. The zero-order chi connectivity index (χ0) is 18.4. The summed E-state index contributed by atoms with van der Waals surface area (Å²) in [4.78, 5) is 26.6. The average Bonchev–Trinajstić information content (AvgIpc) is 3.50. The summed E-state index contributed by atoms with van der Waals surface area (Å²) in [7, 11) is 0. The highest BCUT2D eigenvalue weighted by atomic mass is 16.5. The van der Waals surface area contributed by atoms with Gasteiger partial charge in [0, 0.05) is 31.0 Å². The number of ether oxygens (including phenoxy) is 1. The monoisotopic (exact) mass is 365 g/mol. The Morgan fingerprint density at radius 2 is 1.93 bits per heavy atom. The van der Waals surface area contributed by atoms with Crippen molar-refractivity contribution in [2.24, 2.45) is 5.92 Å². The average molecular weight is 365 g/mol. The first-order valence-corrected chi connectivity index (χ1v) is 9.79. The summed E-state index contributed by atoms with van der Waals surface area (Å²) < 4.78 is 7.49. The van der Waals surface area contributed by atoms with E-state index in [-0.39, 0.29) is 23.5 Å². The summed E-state index contributed by atoms with van der Waals surface area (Å²) in [5, 5.41) is 4.52. The van der Waals surface area contributed by atoms with E-state index >= 15 is 0 Å². The Bertz CT molecular complexity index is 928. The van der Waals surface area contributed by atoms with Gasteiger partial charge < -0.3 is 9.64 Å². The molecule has 1 aliphatic carbocycles. The van der Waals surface area contributed by atoms with Crippen LogP contribution in [-0.2, 0) is 17.8 Å². The number of benzene rings is 1. The number of hydrogen-bond acceptors (Lipinski definition) is 4. The van der Waals surface area contributed by atoms with Crippen molar-refractivity contribution in [3.05, 3.63) is 58.0 Å². The first-order chi connectivity index (χ1) is 13.2. The number of aryl methyl sites for hydroxylation is 1. The molecule has 3 heterocycles. The number of rotatable bonds is 4. The Hall–Kier alpha value is -2.63. The van der Waals surface area contributed by atoms with Crippen molar-refractivity contribution in [3.8, 4) is 5.75 Å². The summed E-state index contributed by atoms with van der Waals surface area (Å²) in [6.45, 7) is 1.92. The van der Waals surface area contributed by atoms with E-state index in [1.54, 1.807) is 10.7 Å². The van der Waals surface area contributed by atoms with Crippen molar-refractivity contribution in [1.29, 1.82) is 0 Å². The van der Waals surface area contributed by atoms with Crippen LogP contribution in [0.2, 0.25) is 0 Å². The number of para-hydroxylation sites is 1. The molecule has 140 valence electrons. The molecule has 2 fully saturated rings. The van der Waals surface area contributed by atoms with Crippen LogP contribution in [0.4, 0.5) is 0 Å². The van der Waals surface area contributed by atoms with Crippen LogP contribution in [0.25, 0.3) is 0 Å². The Balaban J connectivity index is 1.18. The predicted molar refractivity (Wildman–Crippen MR) is 99.7 cm³/mol. The fourth-order valence-corrected chi connectivity index (χ4v) is 4.00. The molecule has 6 heteroatoms. The molecule has 5 rings (SSSR count). The molecule has 1 amide bonds. The van der Waals surface area contributed by atoms with Crippen LogP contribution < -0.4 is 10.3 Å². The first kappa shape index (κ1) is 16.5. The van der Waals surface area contributed by atoms with Gasteiger partial charge in [-0.05, 0) is 43.4 Å². The van der Waals surface area contributed by atoms with Crippen LogP contribution in [0.15, 0.2) is 41.2 Å². The van der Waals surface area contributed by atoms with Crippen molar-refractivity contribution in [2.45, 2.75) is 44.2 Å². The topological polar surface area (TPSA) is 64.4 Å². The number of nitrogens with zero attached hydrogens (tertiary/aromatic N) is 3. The lowest BCUT2D eigenvalue weighted by Gasteiger charge is -2.41. The van der Waals surface area contributed by atoms with Crippen molar-refractivity contribution in [1.82, 2.24) is 14.7 Å². The van der Waals surface area contributed by atoms with Gasteiger partial charge in [0.25, 0.3) is 11.5 Å². The summed E-state index contributed by atoms with van der Waals surface area (Å²) >= 11 is 0. The summed E-state index contributed by atoms with van der Waals surface area (Å²) in [5.41, 5.74) is 2.14. The van der Waals surface area contributed by atoms with Gasteiger partial charge in [0.15, 0.2) is 6.10 Å². The summed E-state index contributed by atoms with van der Waals surface area (Å²) in [6.07, 6.45) is 3.54. The van der Waals surface area contributed by atoms with Crippen LogP contribution in [0.1, 0.15) is 36.4 Å². The molecule has 1 aromatic heterocycles. The molecular weight excluding hydrogens is 342 g/mol. The highest BCUT2D eigenvalue weighted by molar-refractivity contribution is 5.82. The molecule has 2 aromatic rings. The number of likely N-dealkylation sites (tertiary alicyclic amines) is 1. The molecular formula is C21H23N3O3. The molecule has 0 N–H and O–H groups in total. The van der Waals surface area contributed by atoms with Gasteiger partial charge in [0.1, 0.15) is 5.75 Å². The second-order valence-corrected chi connectivity index (χ2v) is 7.91. The SMILES string of the molecule is O=C(C1CCc2ccccc2O1)N1CC(Cn2nc(C3CC3)ccc2=O)C1. The molecule has 0 radical (unpaired) electrons. The lowest BCUT2D eigenvalue weighted by molar-refractivity contribution is -0.146. The van der Waals surface area contributed by atoms with E-state index < -0.39 is 0 Å². The van der Waals surface area contributed by atoms with Gasteiger partial charge in [-0.1, -0.05) is 18.2 Å². The number of carbonyl (C=O) groups excluding carboxylic acids is 1. The second kappa shape index (κ2) is 6.51. The van der Waals surface area contributed by atoms with Crippen LogP contribution in [-0.4, -0.2) is 39.8 Å². The van der Waals surface area contributed by atoms with Gasteiger partial charge in [-0.15, -0.1) is 0 Å². The second-order valence-electron chi connectivity index (χ2n) is 7.91. The predicted octanol–water partition coefficient (Wildman–Crippen LogP) is 1.97. The molecule has 3 aliphatic rings. The number of amides is 1. The first-order valence-electron chi connectivity index (χ1n) is 9.79. The maximum absolute atomic E-state index is 12.7. The maximum Gasteiger partial charge on any atom is 0.266 e. The Morgan fingerprint density at radius 1 is 1.11 bits per heavy atom. The Morgan fingerprint density at radius 3 is 2.74 bits per heavy atom. The van der Waals surface area contributed by atoms with E-state index in [1.807, 2.05) is 29.2 Å². The molecule has 6 nitrogen and oxygen atoms in total. The maximum atomic E-state index is 12.7. The van der Waals surface area contributed by atoms with Crippen LogP contribution >= 0.6 is 0 Å². The third-order valence-corrected chi connectivity index (χ3v) is 5.78. The normalized spacial score (nSPS) is 21.9. The van der Waals surface area contributed by atoms with Gasteiger partial charge in [-0.3, -0.25) is 9.59 Å². The van der Waals surface area contributed by atoms with Crippen molar-refractivity contribution >= 4 is 5.91 Å². The minimum Gasteiger partial charge on any atom is -0.480 e. The summed E-state index contributed by atoms with van der Waals surface area (Å²) in [6, 6.07) is 11.4. The molecule has 0 spiro atoms. The van der Waals surface area contributed by atoms with Crippen LogP contribution in [0.3, 0.4) is 0 Å². The van der Waals surface area contributed by atoms with Crippen molar-refractivity contribution in [2.75, 3.05) is 13.1 Å². The van der Waals surface area contributed by atoms with Gasteiger partial charge in [0.2, 0.25) is 0 Å². The van der Waals surface area contributed by atoms with Crippen LogP contribution in [0, 0.1) is 5.92 Å². The molecule has 1 saturated carbocycles. The minimum absolute atomic E-state index is 0.0589. The van der Waals surface area contributed by atoms with Crippen molar-refractivity contribution < 1.29 is 9.53 Å². The third kappa shape index (κ3) is 3.24. The fourth-order valence-electron chi connectivity index (χ4n) is 4.00. The molecule has 1 aromatic carbocycles. The summed E-state index contributed by atoms with van der Waals surface area (Å²) in [5.74, 6) is 1.70. The minimum atomic E-state index is -0.389. The Kier molecular flexibility index (Phi) is 3.99. The van der Waals surface area contributed by atoms with Gasteiger partial charge in [-0.2, -0.15) is 5.10 Å². The number of hydrogen-bond donors (Lipinski definition) is 0. The van der Waals surface area contributed by atoms with Gasteiger partial charge >= 0.3 is 0 Å².